The summed E-state index contributed by atoms with van der Waals surface area (Å²) in [6.07, 6.45) is 3.05. The van der Waals surface area contributed by atoms with Crippen LogP contribution in [0.5, 0.6) is 17.2 Å². The molecule has 0 N–H and O–H groups in total. The van der Waals surface area contributed by atoms with Crippen LogP contribution in [0, 0.1) is 0 Å². The van der Waals surface area contributed by atoms with Crippen LogP contribution in [0.3, 0.4) is 0 Å². The molecule has 0 radical (unpaired) electrons. The minimum Gasteiger partial charge on any atom is -0.497 e. The number of thiazole rings is 1. The first kappa shape index (κ1) is 25.1. The molecule has 0 unspecified atom stereocenters. The number of carbonyl (C=O) groups is 1. The van der Waals surface area contributed by atoms with Gasteiger partial charge in [0.1, 0.15) is 5.75 Å². The van der Waals surface area contributed by atoms with Crippen molar-refractivity contribution in [1.29, 1.82) is 0 Å². The molecule has 2 aliphatic heterocycles. The van der Waals surface area contributed by atoms with Gasteiger partial charge in [0.25, 0.3) is 5.56 Å². The van der Waals surface area contributed by atoms with Crippen LogP contribution in [0.15, 0.2) is 57.5 Å². The number of halogens is 1. The number of esters is 1. The number of aromatic nitrogens is 1. The lowest BCUT2D eigenvalue weighted by Crippen LogP contribution is -2.40. The maximum Gasteiger partial charge on any atom is 0.338 e. The molecule has 0 bridgehead atoms. The molecule has 3 heterocycles. The van der Waals surface area contributed by atoms with E-state index in [1.807, 2.05) is 31.2 Å². The predicted molar refractivity (Wildman–Crippen MR) is 140 cm³/mol. The van der Waals surface area contributed by atoms with Crippen LogP contribution in [0.25, 0.3) is 6.08 Å². The Kier molecular flexibility index (Phi) is 7.08. The fourth-order valence-corrected chi connectivity index (χ4v) is 5.65. The predicted octanol–water partition coefficient (Wildman–Crippen LogP) is 3.97. The van der Waals surface area contributed by atoms with Crippen LogP contribution in [-0.4, -0.2) is 31.0 Å². The van der Waals surface area contributed by atoms with E-state index in [0.29, 0.717) is 54.9 Å². The summed E-state index contributed by atoms with van der Waals surface area (Å²) < 4.78 is 23.7. The molecule has 2 aromatic carbocycles. The van der Waals surface area contributed by atoms with Crippen molar-refractivity contribution in [3.8, 4) is 17.2 Å². The molecule has 2 aliphatic rings. The van der Waals surface area contributed by atoms with Crippen molar-refractivity contribution in [3.05, 3.63) is 83.5 Å². The Morgan fingerprint density at radius 2 is 2.03 bits per heavy atom. The maximum atomic E-state index is 13.9. The molecule has 1 aromatic heterocycles. The smallest absolute Gasteiger partial charge is 0.338 e. The number of allylic oxidation sites excluding steroid dienone is 1. The summed E-state index contributed by atoms with van der Waals surface area (Å²) in [4.78, 5) is 32.4. The summed E-state index contributed by atoms with van der Waals surface area (Å²) in [6.45, 7) is 4.10. The van der Waals surface area contributed by atoms with Crippen molar-refractivity contribution in [2.75, 3.05) is 20.5 Å². The summed E-state index contributed by atoms with van der Waals surface area (Å²) in [5, 5.41) is 0.429. The number of ether oxygens (including phenoxy) is 4. The molecule has 0 saturated carbocycles. The lowest BCUT2D eigenvalue weighted by Gasteiger charge is -2.26. The maximum absolute atomic E-state index is 13.9. The van der Waals surface area contributed by atoms with Crippen LogP contribution < -0.4 is 29.1 Å². The summed E-state index contributed by atoms with van der Waals surface area (Å²) in [5.41, 5.74) is 2.02. The van der Waals surface area contributed by atoms with Crippen LogP contribution in [0.2, 0.25) is 5.02 Å². The van der Waals surface area contributed by atoms with Crippen LogP contribution in [0.4, 0.5) is 0 Å². The SMILES string of the molecule is CCCC1=C(C(=O)OCC)[C@H](c2cccc(OC)c2)n2c(s/c(=C\c3cc4c(cc3Cl)OCO4)c2=O)=N1. The standard InChI is InChI=1S/C27H25ClN2O6S/c1-4-7-19-23(26(32)34-5-2)24(15-8-6-9-17(10-15)33-3)30-25(31)22(37-27(30)29-19)12-16-11-20-21(13-18(16)28)36-14-35-20/h6,8-13,24H,4-5,7,14H2,1-3H3/b22-12-/t24-/m0/s1. The van der Waals surface area contributed by atoms with E-state index in [9.17, 15) is 9.59 Å². The number of fused-ring (bicyclic) bond motifs is 2. The fraction of sp³-hybridized carbons (Fsp3) is 0.296. The summed E-state index contributed by atoms with van der Waals surface area (Å²) in [5.74, 6) is 1.25. The molecule has 1 atom stereocenters. The van der Waals surface area contributed by atoms with Crippen molar-refractivity contribution in [2.45, 2.75) is 32.7 Å². The normalized spacial score (nSPS) is 16.4. The molecule has 0 saturated heterocycles. The summed E-state index contributed by atoms with van der Waals surface area (Å²) in [6, 6.07) is 10.0. The molecule has 0 fully saturated rings. The van der Waals surface area contributed by atoms with E-state index in [0.717, 1.165) is 12.0 Å². The minimum absolute atomic E-state index is 0.120. The zero-order valence-electron chi connectivity index (χ0n) is 20.6. The van der Waals surface area contributed by atoms with Gasteiger partial charge in [-0.25, -0.2) is 9.79 Å². The van der Waals surface area contributed by atoms with Gasteiger partial charge < -0.3 is 18.9 Å². The van der Waals surface area contributed by atoms with E-state index in [2.05, 4.69) is 0 Å². The highest BCUT2D eigenvalue weighted by Crippen LogP contribution is 2.37. The molecule has 10 heteroatoms. The second kappa shape index (κ2) is 10.4. The summed E-state index contributed by atoms with van der Waals surface area (Å²) >= 11 is 7.72. The molecule has 0 spiro atoms. The van der Waals surface area contributed by atoms with Crippen LogP contribution in [-0.2, 0) is 9.53 Å². The van der Waals surface area contributed by atoms with Gasteiger partial charge in [-0.2, -0.15) is 0 Å². The largest absolute Gasteiger partial charge is 0.497 e. The van der Waals surface area contributed by atoms with Gasteiger partial charge in [-0.3, -0.25) is 9.36 Å². The molecule has 0 aliphatic carbocycles. The van der Waals surface area contributed by atoms with Crippen LogP contribution in [0.1, 0.15) is 43.9 Å². The van der Waals surface area contributed by atoms with E-state index < -0.39 is 12.0 Å². The van der Waals surface area contributed by atoms with Gasteiger partial charge in [0.15, 0.2) is 16.3 Å². The average Bonchev–Trinajstić information content (AvgIpc) is 3.47. The first-order valence-corrected chi connectivity index (χ1v) is 13.1. The molecule has 5 rings (SSSR count). The topological polar surface area (TPSA) is 88.4 Å². The number of rotatable bonds is 7. The van der Waals surface area contributed by atoms with Crippen molar-refractivity contribution in [2.24, 2.45) is 4.99 Å². The number of benzene rings is 2. The second-order valence-electron chi connectivity index (χ2n) is 8.42. The van der Waals surface area contributed by atoms with E-state index in [-0.39, 0.29) is 19.0 Å². The lowest BCUT2D eigenvalue weighted by molar-refractivity contribution is -0.139. The lowest BCUT2D eigenvalue weighted by atomic mass is 9.94. The quantitative estimate of drug-likeness (QED) is 0.421. The highest BCUT2D eigenvalue weighted by atomic mass is 35.5. The molecule has 192 valence electrons. The summed E-state index contributed by atoms with van der Waals surface area (Å²) in [7, 11) is 1.57. The highest BCUT2D eigenvalue weighted by Gasteiger charge is 2.34. The Hall–Kier alpha value is -3.56. The van der Waals surface area contributed by atoms with Gasteiger partial charge >= 0.3 is 5.97 Å². The molecule has 0 amide bonds. The third-order valence-electron chi connectivity index (χ3n) is 6.08. The average molecular weight is 541 g/mol. The first-order valence-electron chi connectivity index (χ1n) is 11.9. The molecular formula is C27H25ClN2O6S. The Balaban J connectivity index is 1.75. The van der Waals surface area contributed by atoms with Gasteiger partial charge in [-0.15, -0.1) is 0 Å². The number of carbonyl (C=O) groups excluding carboxylic acids is 1. The fourth-order valence-electron chi connectivity index (χ4n) is 4.43. The molecule has 37 heavy (non-hydrogen) atoms. The Bertz CT molecular complexity index is 1590. The third-order valence-corrected chi connectivity index (χ3v) is 7.39. The van der Waals surface area contributed by atoms with Gasteiger partial charge in [0, 0.05) is 6.07 Å². The minimum atomic E-state index is -0.721. The molecular weight excluding hydrogens is 516 g/mol. The monoisotopic (exact) mass is 540 g/mol. The van der Waals surface area contributed by atoms with Crippen LogP contribution >= 0.6 is 22.9 Å². The van der Waals surface area contributed by atoms with Gasteiger partial charge in [0.2, 0.25) is 6.79 Å². The number of hydrogen-bond acceptors (Lipinski definition) is 8. The van der Waals surface area contributed by atoms with Crippen molar-refractivity contribution in [1.82, 2.24) is 4.57 Å². The van der Waals surface area contributed by atoms with Crippen molar-refractivity contribution in [3.63, 3.8) is 0 Å². The Labute approximate surface area is 222 Å². The zero-order valence-corrected chi connectivity index (χ0v) is 22.1. The van der Waals surface area contributed by atoms with Gasteiger partial charge in [0.05, 0.1) is 40.6 Å². The van der Waals surface area contributed by atoms with Crippen molar-refractivity contribution >= 4 is 35.0 Å². The van der Waals surface area contributed by atoms with E-state index in [1.54, 1.807) is 36.8 Å². The van der Waals surface area contributed by atoms with E-state index in [1.165, 1.54) is 11.3 Å². The number of nitrogens with zero attached hydrogens (tertiary/aromatic N) is 2. The second-order valence-corrected chi connectivity index (χ2v) is 9.83. The molecule has 3 aromatic rings. The van der Waals surface area contributed by atoms with E-state index >= 15 is 0 Å². The zero-order chi connectivity index (χ0) is 26.1. The highest BCUT2D eigenvalue weighted by molar-refractivity contribution is 7.07. The Morgan fingerprint density at radius 1 is 1.24 bits per heavy atom. The van der Waals surface area contributed by atoms with Gasteiger partial charge in [-0.1, -0.05) is 48.4 Å². The Morgan fingerprint density at radius 3 is 2.76 bits per heavy atom. The van der Waals surface area contributed by atoms with E-state index in [4.69, 9.17) is 35.5 Å². The van der Waals surface area contributed by atoms with Crippen molar-refractivity contribution < 1.29 is 23.7 Å². The third kappa shape index (κ3) is 4.65. The van der Waals surface area contributed by atoms with Gasteiger partial charge in [-0.05, 0) is 48.7 Å². The number of hydrogen-bond donors (Lipinski definition) is 0. The number of methoxy groups -OCH3 is 1. The molecule has 8 nitrogen and oxygen atoms in total. The first-order chi connectivity index (χ1) is 17.9.